The third-order valence-electron chi connectivity index (χ3n) is 6.64. The highest BCUT2D eigenvalue weighted by molar-refractivity contribution is 5.99. The summed E-state index contributed by atoms with van der Waals surface area (Å²) in [6.07, 6.45) is 2.27. The molecule has 0 bridgehead atoms. The first kappa shape index (κ1) is 24.4. The molecule has 1 saturated carbocycles. The Kier molecular flexibility index (Phi) is 7.08. The van der Waals surface area contributed by atoms with Crippen molar-refractivity contribution < 1.29 is 18.3 Å². The highest BCUT2D eigenvalue weighted by Gasteiger charge is 2.30. The molecule has 0 spiro atoms. The van der Waals surface area contributed by atoms with Crippen LogP contribution >= 0.6 is 0 Å². The van der Waals surface area contributed by atoms with Crippen LogP contribution in [0.3, 0.4) is 0 Å². The molecule has 1 fully saturated rings. The van der Waals surface area contributed by atoms with Gasteiger partial charge in [-0.2, -0.15) is 10.4 Å². The van der Waals surface area contributed by atoms with Crippen LogP contribution in [0.5, 0.6) is 5.88 Å². The SMILES string of the molecule is N#CC1CCCCC1n1nc(Nc2ccc(C(=O)C(F)F)cc2)c2c(OCc3ccccc3)nccc21. The predicted octanol–water partition coefficient (Wildman–Crippen LogP) is 6.46. The molecule has 37 heavy (non-hydrogen) atoms. The van der Waals surface area contributed by atoms with Crippen LogP contribution in [0.2, 0.25) is 0 Å². The molecule has 2 heterocycles. The summed E-state index contributed by atoms with van der Waals surface area (Å²) in [5.41, 5.74) is 2.27. The maximum Gasteiger partial charge on any atom is 0.300 e. The minimum atomic E-state index is -3.06. The molecule has 5 rings (SSSR count). The van der Waals surface area contributed by atoms with Gasteiger partial charge in [0.05, 0.1) is 23.5 Å². The van der Waals surface area contributed by atoms with E-state index >= 15 is 0 Å². The first-order valence-electron chi connectivity index (χ1n) is 12.2. The van der Waals surface area contributed by atoms with E-state index in [1.807, 2.05) is 41.1 Å². The van der Waals surface area contributed by atoms with E-state index in [-0.39, 0.29) is 17.5 Å². The van der Waals surface area contributed by atoms with Gasteiger partial charge in [0.1, 0.15) is 12.0 Å². The normalized spacial score (nSPS) is 17.5. The maximum absolute atomic E-state index is 12.8. The van der Waals surface area contributed by atoms with Crippen LogP contribution < -0.4 is 10.1 Å². The number of carbonyl (C=O) groups is 1. The third-order valence-corrected chi connectivity index (χ3v) is 6.64. The minimum Gasteiger partial charge on any atom is -0.472 e. The Balaban J connectivity index is 1.54. The second kappa shape index (κ2) is 10.7. The van der Waals surface area contributed by atoms with Crippen LogP contribution in [0, 0.1) is 17.2 Å². The molecule has 4 aromatic rings. The van der Waals surface area contributed by atoms with E-state index in [9.17, 15) is 18.8 Å². The molecule has 2 aromatic heterocycles. The number of ketones is 1. The molecular formula is C28H25F2N5O2. The van der Waals surface area contributed by atoms with E-state index < -0.39 is 12.2 Å². The van der Waals surface area contributed by atoms with Gasteiger partial charge < -0.3 is 10.1 Å². The first-order chi connectivity index (χ1) is 18.0. The average Bonchev–Trinajstić information content (AvgIpc) is 3.31. The van der Waals surface area contributed by atoms with Crippen molar-refractivity contribution in [3.8, 4) is 11.9 Å². The molecule has 2 atom stereocenters. The number of anilines is 2. The van der Waals surface area contributed by atoms with Gasteiger partial charge >= 0.3 is 6.43 Å². The fraction of sp³-hybridized carbons (Fsp3) is 0.286. The van der Waals surface area contributed by atoms with Gasteiger partial charge in [0.25, 0.3) is 0 Å². The number of ether oxygens (including phenoxy) is 1. The zero-order valence-electron chi connectivity index (χ0n) is 20.0. The molecule has 1 aliphatic carbocycles. The summed E-state index contributed by atoms with van der Waals surface area (Å²) in [5, 5.41) is 18.5. The molecule has 0 radical (unpaired) electrons. The number of hydrogen-bond donors (Lipinski definition) is 1. The molecule has 2 aromatic carbocycles. The third kappa shape index (κ3) is 5.14. The van der Waals surface area contributed by atoms with Gasteiger partial charge in [0, 0.05) is 17.4 Å². The number of fused-ring (bicyclic) bond motifs is 1. The maximum atomic E-state index is 12.8. The lowest BCUT2D eigenvalue weighted by Crippen LogP contribution is -2.23. The molecule has 1 aliphatic rings. The number of nitriles is 1. The van der Waals surface area contributed by atoms with Crippen molar-refractivity contribution in [2.24, 2.45) is 5.92 Å². The van der Waals surface area contributed by atoms with Gasteiger partial charge in [-0.15, -0.1) is 0 Å². The van der Waals surface area contributed by atoms with Gasteiger partial charge in [-0.25, -0.2) is 13.8 Å². The van der Waals surface area contributed by atoms with Crippen molar-refractivity contribution in [2.45, 2.75) is 44.8 Å². The zero-order valence-corrected chi connectivity index (χ0v) is 20.0. The van der Waals surface area contributed by atoms with Crippen LogP contribution in [0.4, 0.5) is 20.3 Å². The molecule has 9 heteroatoms. The smallest absolute Gasteiger partial charge is 0.300 e. The summed E-state index contributed by atoms with van der Waals surface area (Å²) in [5.74, 6) is -0.515. The van der Waals surface area contributed by atoms with Crippen LogP contribution in [0.15, 0.2) is 66.9 Å². The van der Waals surface area contributed by atoms with Gasteiger partial charge in [-0.3, -0.25) is 9.48 Å². The number of nitrogens with zero attached hydrogens (tertiary/aromatic N) is 4. The van der Waals surface area contributed by atoms with Gasteiger partial charge in [-0.1, -0.05) is 43.2 Å². The van der Waals surface area contributed by atoms with Gasteiger partial charge in [-0.05, 0) is 48.7 Å². The minimum absolute atomic E-state index is 0.0662. The number of nitrogens with one attached hydrogen (secondary N) is 1. The van der Waals surface area contributed by atoms with E-state index in [4.69, 9.17) is 9.84 Å². The van der Waals surface area contributed by atoms with Crippen molar-refractivity contribution in [3.05, 3.63) is 78.0 Å². The number of benzene rings is 2. The van der Waals surface area contributed by atoms with E-state index in [0.29, 0.717) is 29.4 Å². The van der Waals surface area contributed by atoms with Crippen molar-refractivity contribution in [1.82, 2.24) is 14.8 Å². The Morgan fingerprint density at radius 3 is 2.59 bits per heavy atom. The predicted molar refractivity (Wildman–Crippen MR) is 135 cm³/mol. The lowest BCUT2D eigenvalue weighted by molar-refractivity contribution is 0.0679. The van der Waals surface area contributed by atoms with E-state index in [2.05, 4.69) is 16.4 Å². The lowest BCUT2D eigenvalue weighted by Gasteiger charge is -2.27. The number of hydrogen-bond acceptors (Lipinski definition) is 6. The van der Waals surface area contributed by atoms with Crippen LogP contribution in [0.25, 0.3) is 10.9 Å². The molecule has 0 aliphatic heterocycles. The number of alkyl halides is 2. The number of pyridine rings is 1. The zero-order chi connectivity index (χ0) is 25.8. The summed E-state index contributed by atoms with van der Waals surface area (Å²) in [7, 11) is 0. The van der Waals surface area contributed by atoms with Crippen LogP contribution in [0.1, 0.15) is 47.6 Å². The lowest BCUT2D eigenvalue weighted by atomic mass is 9.85. The van der Waals surface area contributed by atoms with Crippen molar-refractivity contribution >= 4 is 28.2 Å². The molecule has 0 saturated heterocycles. The first-order valence-corrected chi connectivity index (χ1v) is 12.2. The average molecular weight is 502 g/mol. The largest absolute Gasteiger partial charge is 0.472 e. The van der Waals surface area contributed by atoms with Gasteiger partial charge in [0.2, 0.25) is 11.7 Å². The highest BCUT2D eigenvalue weighted by Crippen LogP contribution is 2.39. The van der Waals surface area contributed by atoms with Crippen molar-refractivity contribution in [3.63, 3.8) is 0 Å². The fourth-order valence-electron chi connectivity index (χ4n) is 4.77. The van der Waals surface area contributed by atoms with E-state index in [1.54, 1.807) is 18.3 Å². The Morgan fingerprint density at radius 1 is 1.11 bits per heavy atom. The summed E-state index contributed by atoms with van der Waals surface area (Å²) in [6.45, 7) is 0.312. The monoisotopic (exact) mass is 501 g/mol. The Bertz CT molecular complexity index is 1430. The number of halogens is 2. The molecular weight excluding hydrogens is 476 g/mol. The fourth-order valence-corrected chi connectivity index (χ4v) is 4.77. The number of rotatable bonds is 8. The van der Waals surface area contributed by atoms with Crippen LogP contribution in [-0.4, -0.2) is 27.0 Å². The molecule has 0 amide bonds. The molecule has 1 N–H and O–H groups in total. The Hall–Kier alpha value is -4.32. The molecule has 7 nitrogen and oxygen atoms in total. The van der Waals surface area contributed by atoms with Crippen molar-refractivity contribution in [1.29, 1.82) is 5.26 Å². The topological polar surface area (TPSA) is 92.8 Å². The van der Waals surface area contributed by atoms with Crippen LogP contribution in [-0.2, 0) is 6.61 Å². The van der Waals surface area contributed by atoms with E-state index in [0.717, 1.165) is 36.8 Å². The van der Waals surface area contributed by atoms with Crippen molar-refractivity contribution in [2.75, 3.05) is 5.32 Å². The second-order valence-corrected chi connectivity index (χ2v) is 9.03. The summed E-state index contributed by atoms with van der Waals surface area (Å²) in [6, 6.07) is 19.8. The quantitative estimate of drug-likeness (QED) is 0.279. The Morgan fingerprint density at radius 2 is 1.86 bits per heavy atom. The molecule has 188 valence electrons. The Labute approximate surface area is 212 Å². The molecule has 2 unspecified atom stereocenters. The summed E-state index contributed by atoms with van der Waals surface area (Å²) >= 11 is 0. The summed E-state index contributed by atoms with van der Waals surface area (Å²) < 4.78 is 33.6. The second-order valence-electron chi connectivity index (χ2n) is 9.03. The van der Waals surface area contributed by atoms with Gasteiger partial charge in [0.15, 0.2) is 5.82 Å². The number of Topliss-reactive ketones (excluding diaryl/α,β-unsaturated/α-hetero) is 1. The highest BCUT2D eigenvalue weighted by atomic mass is 19.3. The van der Waals surface area contributed by atoms with E-state index in [1.165, 1.54) is 12.1 Å². The number of aromatic nitrogens is 3. The standard InChI is InChI=1S/C28H25F2N5O2/c29-26(30)25(36)19-10-12-21(13-11-19)33-27-24-23(35(34-27)22-9-5-4-8-20(22)16-31)14-15-32-28(24)37-17-18-6-2-1-3-7-18/h1-3,6-7,10-15,20,22,26H,4-5,8-9,17H2,(H,33,34). The number of carbonyl (C=O) groups excluding carboxylic acids is 1. The summed E-state index contributed by atoms with van der Waals surface area (Å²) in [4.78, 5) is 16.1.